The van der Waals surface area contributed by atoms with Crippen molar-refractivity contribution in [3.05, 3.63) is 44.7 Å². The summed E-state index contributed by atoms with van der Waals surface area (Å²) in [7, 11) is 1.26. The Kier molecular flexibility index (Phi) is 2.90. The molecule has 1 aromatic carbocycles. The molecule has 0 aliphatic rings. The fraction of sp³-hybridized carbons (Fsp3) is 0.167. The van der Waals surface area contributed by atoms with Crippen molar-refractivity contribution in [1.29, 1.82) is 0 Å². The van der Waals surface area contributed by atoms with Gasteiger partial charge in [0.05, 0.1) is 12.6 Å². The summed E-state index contributed by atoms with van der Waals surface area (Å²) in [6.45, 7) is 1.78. The van der Waals surface area contributed by atoms with Crippen molar-refractivity contribution in [1.82, 2.24) is 4.98 Å². The number of aryl methyl sites for hydroxylation is 1. The first-order valence-electron chi connectivity index (χ1n) is 4.95. The van der Waals surface area contributed by atoms with Crippen molar-refractivity contribution in [3.63, 3.8) is 0 Å². The zero-order valence-corrected chi connectivity index (χ0v) is 10.1. The highest BCUT2D eigenvalue weighted by molar-refractivity contribution is 6.32. The van der Waals surface area contributed by atoms with Gasteiger partial charge in [0.2, 0.25) is 0 Å². The molecule has 88 valence electrons. The highest BCUT2D eigenvalue weighted by Gasteiger charge is 2.11. The maximum absolute atomic E-state index is 11.8. The highest BCUT2D eigenvalue weighted by Crippen LogP contribution is 2.22. The molecule has 1 heterocycles. The summed E-state index contributed by atoms with van der Waals surface area (Å²) in [5, 5.41) is 1.04. The monoisotopic (exact) mass is 251 g/mol. The Morgan fingerprint density at radius 3 is 2.76 bits per heavy atom. The van der Waals surface area contributed by atoms with Crippen LogP contribution in [0, 0.1) is 6.92 Å². The van der Waals surface area contributed by atoms with E-state index in [9.17, 15) is 9.59 Å². The normalized spacial score (nSPS) is 10.5. The van der Waals surface area contributed by atoms with Crippen LogP contribution in [-0.4, -0.2) is 18.1 Å². The predicted octanol–water partition coefficient (Wildman–Crippen LogP) is 2.28. The first kappa shape index (κ1) is 11.7. The molecule has 2 rings (SSSR count). The van der Waals surface area contributed by atoms with Crippen LogP contribution >= 0.6 is 11.6 Å². The SMILES string of the molecule is COC(=O)c1cc(=O)c2ccc(Cl)c(C)c2[nH]1. The minimum atomic E-state index is -0.580. The van der Waals surface area contributed by atoms with Crippen molar-refractivity contribution >= 4 is 28.5 Å². The number of fused-ring (bicyclic) bond motifs is 1. The predicted molar refractivity (Wildman–Crippen MR) is 65.7 cm³/mol. The van der Waals surface area contributed by atoms with Gasteiger partial charge < -0.3 is 9.72 Å². The van der Waals surface area contributed by atoms with Gasteiger partial charge in [-0.25, -0.2) is 4.79 Å². The highest BCUT2D eigenvalue weighted by atomic mass is 35.5. The number of rotatable bonds is 1. The average Bonchev–Trinajstić information content (AvgIpc) is 2.33. The lowest BCUT2D eigenvalue weighted by Crippen LogP contribution is -2.11. The first-order valence-corrected chi connectivity index (χ1v) is 5.33. The van der Waals surface area contributed by atoms with Crippen molar-refractivity contribution < 1.29 is 9.53 Å². The molecule has 0 unspecified atom stereocenters. The minimum Gasteiger partial charge on any atom is -0.464 e. The lowest BCUT2D eigenvalue weighted by atomic mass is 10.1. The van der Waals surface area contributed by atoms with Gasteiger partial charge in [0.25, 0.3) is 0 Å². The molecule has 0 aliphatic carbocycles. The topological polar surface area (TPSA) is 59.2 Å². The van der Waals surface area contributed by atoms with Crippen LogP contribution in [0.2, 0.25) is 5.02 Å². The number of hydrogen-bond acceptors (Lipinski definition) is 3. The number of esters is 1. The number of hydrogen-bond donors (Lipinski definition) is 1. The fourth-order valence-corrected chi connectivity index (χ4v) is 1.81. The van der Waals surface area contributed by atoms with Crippen LogP contribution in [-0.2, 0) is 4.74 Å². The van der Waals surface area contributed by atoms with Crippen molar-refractivity contribution in [3.8, 4) is 0 Å². The molecule has 1 aromatic heterocycles. The smallest absolute Gasteiger partial charge is 0.354 e. The second-order valence-corrected chi connectivity index (χ2v) is 4.04. The maximum atomic E-state index is 11.8. The second kappa shape index (κ2) is 4.22. The number of carbonyl (C=O) groups is 1. The molecule has 0 amide bonds. The van der Waals surface area contributed by atoms with Crippen LogP contribution in [0.25, 0.3) is 10.9 Å². The minimum absolute atomic E-state index is 0.121. The summed E-state index contributed by atoms with van der Waals surface area (Å²) in [4.78, 5) is 26.1. The van der Waals surface area contributed by atoms with Gasteiger partial charge in [-0.1, -0.05) is 11.6 Å². The van der Waals surface area contributed by atoms with Gasteiger partial charge in [0.15, 0.2) is 5.43 Å². The third-order valence-electron chi connectivity index (χ3n) is 2.60. The number of H-pyrrole nitrogens is 1. The standard InChI is InChI=1S/C12H10ClNO3/c1-6-8(13)4-3-7-10(15)5-9(12(16)17-2)14-11(6)7/h3-5H,1-2H3,(H,14,15). The number of aromatic amines is 1. The molecular formula is C12H10ClNO3. The summed E-state index contributed by atoms with van der Waals surface area (Å²) in [6.07, 6.45) is 0. The van der Waals surface area contributed by atoms with E-state index in [1.54, 1.807) is 19.1 Å². The van der Waals surface area contributed by atoms with Crippen molar-refractivity contribution in [2.24, 2.45) is 0 Å². The van der Waals surface area contributed by atoms with Crippen LogP contribution in [0.5, 0.6) is 0 Å². The summed E-state index contributed by atoms with van der Waals surface area (Å²) < 4.78 is 4.57. The van der Waals surface area contributed by atoms with Gasteiger partial charge in [-0.15, -0.1) is 0 Å². The molecule has 0 bridgehead atoms. The number of nitrogens with one attached hydrogen (secondary N) is 1. The molecule has 0 fully saturated rings. The van der Waals surface area contributed by atoms with Gasteiger partial charge in [-0.2, -0.15) is 0 Å². The number of pyridine rings is 1. The van der Waals surface area contributed by atoms with E-state index in [2.05, 4.69) is 9.72 Å². The largest absolute Gasteiger partial charge is 0.464 e. The van der Waals surface area contributed by atoms with E-state index in [1.807, 2.05) is 0 Å². The molecule has 2 aromatic rings. The average molecular weight is 252 g/mol. The van der Waals surface area contributed by atoms with Gasteiger partial charge in [-0.05, 0) is 24.6 Å². The Bertz CT molecular complexity index is 661. The Balaban J connectivity index is 2.84. The Morgan fingerprint density at radius 1 is 1.41 bits per heavy atom. The Labute approximate surface area is 102 Å². The van der Waals surface area contributed by atoms with E-state index in [0.717, 1.165) is 5.56 Å². The number of carbonyl (C=O) groups excluding carboxylic acids is 1. The Hall–Kier alpha value is -1.81. The molecule has 17 heavy (non-hydrogen) atoms. The third kappa shape index (κ3) is 1.91. The summed E-state index contributed by atoms with van der Waals surface area (Å²) in [5.41, 5.74) is 1.17. The molecule has 0 atom stereocenters. The van der Waals surface area contributed by atoms with Crippen molar-refractivity contribution in [2.45, 2.75) is 6.92 Å². The molecule has 0 spiro atoms. The van der Waals surface area contributed by atoms with E-state index in [1.165, 1.54) is 13.2 Å². The van der Waals surface area contributed by atoms with E-state index in [-0.39, 0.29) is 11.1 Å². The molecule has 0 saturated carbocycles. The van der Waals surface area contributed by atoms with Gasteiger partial charge in [0.1, 0.15) is 5.69 Å². The van der Waals surface area contributed by atoms with Gasteiger partial charge in [0, 0.05) is 16.5 Å². The molecule has 1 N–H and O–H groups in total. The van der Waals surface area contributed by atoms with Crippen LogP contribution < -0.4 is 5.43 Å². The summed E-state index contributed by atoms with van der Waals surface area (Å²) in [5.74, 6) is -0.580. The molecule has 4 nitrogen and oxygen atoms in total. The second-order valence-electron chi connectivity index (χ2n) is 3.63. The number of aromatic nitrogens is 1. The molecule has 0 saturated heterocycles. The number of ether oxygens (including phenoxy) is 1. The molecule has 5 heteroatoms. The van der Waals surface area contributed by atoms with E-state index < -0.39 is 5.97 Å². The quantitative estimate of drug-likeness (QED) is 0.791. The number of benzene rings is 1. The van der Waals surface area contributed by atoms with Crippen LogP contribution in [0.15, 0.2) is 23.0 Å². The molecule has 0 aliphatic heterocycles. The zero-order valence-electron chi connectivity index (χ0n) is 9.33. The molecular weight excluding hydrogens is 242 g/mol. The number of methoxy groups -OCH3 is 1. The van der Waals surface area contributed by atoms with E-state index >= 15 is 0 Å². The van der Waals surface area contributed by atoms with Crippen LogP contribution in [0.1, 0.15) is 16.1 Å². The number of halogens is 1. The fourth-order valence-electron chi connectivity index (χ4n) is 1.65. The third-order valence-corrected chi connectivity index (χ3v) is 3.01. The molecule has 0 radical (unpaired) electrons. The van der Waals surface area contributed by atoms with Crippen LogP contribution in [0.3, 0.4) is 0 Å². The Morgan fingerprint density at radius 2 is 2.12 bits per heavy atom. The first-order chi connectivity index (χ1) is 8.04. The maximum Gasteiger partial charge on any atom is 0.354 e. The van der Waals surface area contributed by atoms with Gasteiger partial charge >= 0.3 is 5.97 Å². The van der Waals surface area contributed by atoms with Gasteiger partial charge in [-0.3, -0.25) is 4.79 Å². The zero-order chi connectivity index (χ0) is 12.6. The lowest BCUT2D eigenvalue weighted by molar-refractivity contribution is 0.0594. The van der Waals surface area contributed by atoms with Crippen LogP contribution in [0.4, 0.5) is 0 Å². The summed E-state index contributed by atoms with van der Waals surface area (Å²) in [6, 6.07) is 4.51. The summed E-state index contributed by atoms with van der Waals surface area (Å²) >= 11 is 5.97. The van der Waals surface area contributed by atoms with E-state index in [0.29, 0.717) is 15.9 Å². The lowest BCUT2D eigenvalue weighted by Gasteiger charge is -2.06. The van der Waals surface area contributed by atoms with Crippen molar-refractivity contribution in [2.75, 3.05) is 7.11 Å². The van der Waals surface area contributed by atoms with E-state index in [4.69, 9.17) is 11.6 Å².